The number of fused-ring (bicyclic) bond motifs is 1. The van der Waals surface area contributed by atoms with Crippen LogP contribution in [0.25, 0.3) is 10.8 Å². The highest BCUT2D eigenvalue weighted by molar-refractivity contribution is 6.30. The predicted molar refractivity (Wildman–Crippen MR) is 105 cm³/mol. The zero-order valence-electron chi connectivity index (χ0n) is 14.8. The van der Waals surface area contributed by atoms with Gasteiger partial charge in [-0.05, 0) is 42.5 Å². The average molecular weight is 382 g/mol. The van der Waals surface area contributed by atoms with Gasteiger partial charge in [-0.2, -0.15) is 0 Å². The standard InChI is InChI=1S/C21H20ClN3O2/c22-15-12-23-21(24-13-15)27-17-10-8-16(9-11-17)25-20(26)19-7-3-5-14-4-1-2-6-18(14)19/h1-7,12-13,16-17H,8-11H2,(H,25,26). The Morgan fingerprint density at radius 2 is 1.70 bits per heavy atom. The minimum absolute atomic E-state index is 0.0165. The first kappa shape index (κ1) is 17.7. The summed E-state index contributed by atoms with van der Waals surface area (Å²) in [5.74, 6) is -0.0165. The molecule has 1 heterocycles. The van der Waals surface area contributed by atoms with Crippen molar-refractivity contribution in [1.29, 1.82) is 0 Å². The van der Waals surface area contributed by atoms with Crippen molar-refractivity contribution in [3.8, 4) is 6.01 Å². The lowest BCUT2D eigenvalue weighted by Crippen LogP contribution is -2.39. The Bertz CT molecular complexity index is 932. The second-order valence-corrected chi connectivity index (χ2v) is 7.21. The van der Waals surface area contributed by atoms with E-state index in [0.29, 0.717) is 11.0 Å². The first-order valence-electron chi connectivity index (χ1n) is 9.12. The molecule has 4 rings (SSSR count). The van der Waals surface area contributed by atoms with E-state index < -0.39 is 0 Å². The maximum Gasteiger partial charge on any atom is 0.316 e. The van der Waals surface area contributed by atoms with Crippen molar-refractivity contribution in [2.24, 2.45) is 0 Å². The summed E-state index contributed by atoms with van der Waals surface area (Å²) in [6.45, 7) is 0. The van der Waals surface area contributed by atoms with E-state index in [4.69, 9.17) is 16.3 Å². The largest absolute Gasteiger partial charge is 0.460 e. The number of ether oxygens (including phenoxy) is 1. The minimum Gasteiger partial charge on any atom is -0.460 e. The highest BCUT2D eigenvalue weighted by atomic mass is 35.5. The van der Waals surface area contributed by atoms with E-state index in [1.165, 1.54) is 12.4 Å². The van der Waals surface area contributed by atoms with Gasteiger partial charge in [0.2, 0.25) is 0 Å². The van der Waals surface area contributed by atoms with Crippen LogP contribution in [0.1, 0.15) is 36.0 Å². The number of amides is 1. The maximum absolute atomic E-state index is 12.8. The van der Waals surface area contributed by atoms with E-state index in [1.54, 1.807) is 0 Å². The Morgan fingerprint density at radius 3 is 2.48 bits per heavy atom. The molecule has 6 heteroatoms. The molecule has 1 N–H and O–H groups in total. The SMILES string of the molecule is O=C(NC1CCC(Oc2ncc(Cl)cn2)CC1)c1cccc2ccccc12. The van der Waals surface area contributed by atoms with Crippen LogP contribution < -0.4 is 10.1 Å². The summed E-state index contributed by atoms with van der Waals surface area (Å²) < 4.78 is 5.81. The van der Waals surface area contributed by atoms with Crippen molar-refractivity contribution < 1.29 is 9.53 Å². The molecule has 3 aromatic rings. The van der Waals surface area contributed by atoms with Gasteiger partial charge in [0.1, 0.15) is 6.10 Å². The van der Waals surface area contributed by atoms with Gasteiger partial charge >= 0.3 is 6.01 Å². The number of aromatic nitrogens is 2. The number of nitrogens with zero attached hydrogens (tertiary/aromatic N) is 2. The quantitative estimate of drug-likeness (QED) is 0.727. The zero-order chi connectivity index (χ0) is 18.6. The molecule has 2 aromatic carbocycles. The highest BCUT2D eigenvalue weighted by Gasteiger charge is 2.25. The lowest BCUT2D eigenvalue weighted by molar-refractivity contribution is 0.0886. The van der Waals surface area contributed by atoms with E-state index >= 15 is 0 Å². The van der Waals surface area contributed by atoms with Gasteiger partial charge in [-0.3, -0.25) is 4.79 Å². The molecule has 5 nitrogen and oxygen atoms in total. The summed E-state index contributed by atoms with van der Waals surface area (Å²) in [7, 11) is 0. The molecule has 1 aliphatic carbocycles. The smallest absolute Gasteiger partial charge is 0.316 e. The number of halogens is 1. The van der Waals surface area contributed by atoms with Crippen LogP contribution >= 0.6 is 11.6 Å². The Hall–Kier alpha value is -2.66. The highest BCUT2D eigenvalue weighted by Crippen LogP contribution is 2.24. The van der Waals surface area contributed by atoms with E-state index in [9.17, 15) is 4.79 Å². The Labute approximate surface area is 162 Å². The van der Waals surface area contributed by atoms with Crippen LogP contribution in [-0.2, 0) is 0 Å². The number of hydrogen-bond acceptors (Lipinski definition) is 4. The summed E-state index contributed by atoms with van der Waals surface area (Å²) in [5, 5.41) is 5.72. The van der Waals surface area contributed by atoms with Crippen molar-refractivity contribution in [2.75, 3.05) is 0 Å². The molecule has 1 aromatic heterocycles. The summed E-state index contributed by atoms with van der Waals surface area (Å²) in [6, 6.07) is 14.3. The van der Waals surface area contributed by atoms with Gasteiger partial charge in [0.25, 0.3) is 5.91 Å². The molecule has 0 radical (unpaired) electrons. The Kier molecular flexibility index (Phi) is 5.21. The monoisotopic (exact) mass is 381 g/mol. The third-order valence-corrected chi connectivity index (χ3v) is 5.11. The third-order valence-electron chi connectivity index (χ3n) is 4.91. The summed E-state index contributed by atoms with van der Waals surface area (Å²) in [6.07, 6.45) is 6.57. The van der Waals surface area contributed by atoms with Crippen molar-refractivity contribution in [1.82, 2.24) is 15.3 Å². The van der Waals surface area contributed by atoms with Crippen LogP contribution in [0.3, 0.4) is 0 Å². The number of carbonyl (C=O) groups excluding carboxylic acids is 1. The molecule has 138 valence electrons. The molecular weight excluding hydrogens is 362 g/mol. The number of nitrogens with one attached hydrogen (secondary N) is 1. The molecule has 1 fully saturated rings. The number of carbonyl (C=O) groups is 1. The van der Waals surface area contributed by atoms with Gasteiger partial charge in [-0.25, -0.2) is 9.97 Å². The average Bonchev–Trinajstić information content (AvgIpc) is 2.71. The number of rotatable bonds is 4. The minimum atomic E-state index is -0.0165. The molecule has 27 heavy (non-hydrogen) atoms. The van der Waals surface area contributed by atoms with Crippen LogP contribution in [0.5, 0.6) is 6.01 Å². The van der Waals surface area contributed by atoms with Gasteiger partial charge in [0.05, 0.1) is 17.4 Å². The molecule has 0 atom stereocenters. The lowest BCUT2D eigenvalue weighted by atomic mass is 9.92. The van der Waals surface area contributed by atoms with Crippen LogP contribution in [0, 0.1) is 0 Å². The lowest BCUT2D eigenvalue weighted by Gasteiger charge is -2.29. The van der Waals surface area contributed by atoms with Crippen molar-refractivity contribution in [3.05, 3.63) is 65.4 Å². The van der Waals surface area contributed by atoms with Crippen LogP contribution in [-0.4, -0.2) is 28.0 Å². The van der Waals surface area contributed by atoms with Crippen molar-refractivity contribution >= 4 is 28.3 Å². The molecule has 0 aliphatic heterocycles. The molecule has 0 saturated heterocycles. The van der Waals surface area contributed by atoms with Gasteiger partial charge in [-0.1, -0.05) is 48.0 Å². The number of benzene rings is 2. The van der Waals surface area contributed by atoms with Crippen LogP contribution in [0.4, 0.5) is 0 Å². The second kappa shape index (κ2) is 7.92. The van der Waals surface area contributed by atoms with E-state index in [1.807, 2.05) is 42.5 Å². The molecule has 1 saturated carbocycles. The fourth-order valence-corrected chi connectivity index (χ4v) is 3.62. The molecule has 0 bridgehead atoms. The topological polar surface area (TPSA) is 64.1 Å². The molecule has 1 amide bonds. The molecule has 0 spiro atoms. The van der Waals surface area contributed by atoms with E-state index in [2.05, 4.69) is 15.3 Å². The third kappa shape index (κ3) is 4.19. The van der Waals surface area contributed by atoms with Crippen LogP contribution in [0.15, 0.2) is 54.9 Å². The van der Waals surface area contributed by atoms with Crippen LogP contribution in [0.2, 0.25) is 5.02 Å². The zero-order valence-corrected chi connectivity index (χ0v) is 15.5. The van der Waals surface area contributed by atoms with Gasteiger partial charge in [0.15, 0.2) is 0 Å². The number of hydrogen-bond donors (Lipinski definition) is 1. The summed E-state index contributed by atoms with van der Waals surface area (Å²) in [4.78, 5) is 20.9. The van der Waals surface area contributed by atoms with Crippen molar-refractivity contribution in [2.45, 2.75) is 37.8 Å². The molecule has 0 unspecified atom stereocenters. The molecule has 1 aliphatic rings. The molecular formula is C21H20ClN3O2. The summed E-state index contributed by atoms with van der Waals surface area (Å²) >= 11 is 5.79. The fourth-order valence-electron chi connectivity index (χ4n) is 3.52. The maximum atomic E-state index is 12.8. The normalized spacial score (nSPS) is 19.6. The van der Waals surface area contributed by atoms with E-state index in [0.717, 1.165) is 42.0 Å². The first-order valence-corrected chi connectivity index (χ1v) is 9.49. The fraction of sp³-hybridized carbons (Fsp3) is 0.286. The van der Waals surface area contributed by atoms with Crippen molar-refractivity contribution in [3.63, 3.8) is 0 Å². The Morgan fingerprint density at radius 1 is 1.00 bits per heavy atom. The van der Waals surface area contributed by atoms with Gasteiger partial charge in [0, 0.05) is 11.6 Å². The van der Waals surface area contributed by atoms with E-state index in [-0.39, 0.29) is 18.1 Å². The Balaban J connectivity index is 1.34. The van der Waals surface area contributed by atoms with Gasteiger partial charge in [-0.15, -0.1) is 0 Å². The van der Waals surface area contributed by atoms with Gasteiger partial charge < -0.3 is 10.1 Å². The summed E-state index contributed by atoms with van der Waals surface area (Å²) in [5.41, 5.74) is 0.723. The second-order valence-electron chi connectivity index (χ2n) is 6.78. The predicted octanol–water partition coefficient (Wildman–Crippen LogP) is 4.40. The first-order chi connectivity index (χ1) is 13.2.